The maximum atomic E-state index is 5.75. The quantitative estimate of drug-likeness (QED) is 0.710. The van der Waals surface area contributed by atoms with Crippen LogP contribution in [0.25, 0.3) is 0 Å². The maximum absolute atomic E-state index is 5.75. The molecule has 1 saturated heterocycles. The highest BCUT2D eigenvalue weighted by Gasteiger charge is 2.21. The van der Waals surface area contributed by atoms with Gasteiger partial charge < -0.3 is 10.1 Å². The number of rotatable bonds is 6. The molecule has 1 heterocycles. The van der Waals surface area contributed by atoms with Crippen molar-refractivity contribution >= 4 is 0 Å². The Bertz CT molecular complexity index is 149. The number of hydrogen-bond donors (Lipinski definition) is 1. The first-order valence-electron chi connectivity index (χ1n) is 6.11. The van der Waals surface area contributed by atoms with Gasteiger partial charge in [0.25, 0.3) is 0 Å². The predicted octanol–water partition coefficient (Wildman–Crippen LogP) is 2.72. The van der Waals surface area contributed by atoms with Gasteiger partial charge in [-0.1, -0.05) is 19.8 Å². The molecule has 1 aliphatic rings. The van der Waals surface area contributed by atoms with Crippen LogP contribution in [-0.2, 0) is 4.74 Å². The fourth-order valence-electron chi connectivity index (χ4n) is 1.98. The Hall–Kier alpha value is -0.0800. The van der Waals surface area contributed by atoms with Gasteiger partial charge in [0.2, 0.25) is 0 Å². The van der Waals surface area contributed by atoms with Crippen molar-refractivity contribution in [2.75, 3.05) is 6.54 Å². The first kappa shape index (κ1) is 12.0. The summed E-state index contributed by atoms with van der Waals surface area (Å²) in [6.07, 6.45) is 7.32. The Kier molecular flexibility index (Phi) is 5.49. The van der Waals surface area contributed by atoms with E-state index in [-0.39, 0.29) is 0 Å². The molecule has 1 fully saturated rings. The Morgan fingerprint density at radius 3 is 2.79 bits per heavy atom. The van der Waals surface area contributed by atoms with Crippen molar-refractivity contribution in [1.29, 1.82) is 0 Å². The van der Waals surface area contributed by atoms with Crippen LogP contribution in [0.2, 0.25) is 0 Å². The van der Waals surface area contributed by atoms with Crippen molar-refractivity contribution in [1.82, 2.24) is 5.32 Å². The van der Waals surface area contributed by atoms with E-state index < -0.39 is 0 Å². The molecular formula is C12H25NO. The predicted molar refractivity (Wildman–Crippen MR) is 60.6 cm³/mol. The summed E-state index contributed by atoms with van der Waals surface area (Å²) in [4.78, 5) is 0. The van der Waals surface area contributed by atoms with Crippen LogP contribution in [0.15, 0.2) is 0 Å². The molecule has 0 aromatic heterocycles. The highest BCUT2D eigenvalue weighted by Crippen LogP contribution is 2.18. The third-order valence-corrected chi connectivity index (χ3v) is 3.00. The molecule has 1 aliphatic heterocycles. The van der Waals surface area contributed by atoms with Crippen molar-refractivity contribution < 1.29 is 4.74 Å². The summed E-state index contributed by atoms with van der Waals surface area (Å²) in [5.41, 5.74) is 0. The Morgan fingerprint density at radius 2 is 2.21 bits per heavy atom. The molecule has 3 atom stereocenters. The third kappa shape index (κ3) is 4.43. The summed E-state index contributed by atoms with van der Waals surface area (Å²) < 4.78 is 5.75. The van der Waals surface area contributed by atoms with Crippen LogP contribution >= 0.6 is 0 Å². The molecule has 0 saturated carbocycles. The largest absolute Gasteiger partial charge is 0.374 e. The lowest BCUT2D eigenvalue weighted by atomic mass is 10.1. The number of hydrogen-bond acceptors (Lipinski definition) is 2. The van der Waals surface area contributed by atoms with Gasteiger partial charge in [0, 0.05) is 12.6 Å². The summed E-state index contributed by atoms with van der Waals surface area (Å²) in [6.45, 7) is 7.72. The first-order chi connectivity index (χ1) is 6.72. The van der Waals surface area contributed by atoms with Crippen LogP contribution < -0.4 is 5.32 Å². The van der Waals surface area contributed by atoms with E-state index in [1.54, 1.807) is 0 Å². The molecule has 0 aromatic carbocycles. The van der Waals surface area contributed by atoms with E-state index in [4.69, 9.17) is 4.74 Å². The molecule has 1 N–H and O–H groups in total. The van der Waals surface area contributed by atoms with Crippen LogP contribution in [0, 0.1) is 0 Å². The smallest absolute Gasteiger partial charge is 0.0704 e. The molecule has 14 heavy (non-hydrogen) atoms. The molecule has 1 rings (SSSR count). The van der Waals surface area contributed by atoms with Crippen LogP contribution in [0.3, 0.4) is 0 Å². The van der Waals surface area contributed by atoms with E-state index in [1.165, 1.54) is 32.1 Å². The third-order valence-electron chi connectivity index (χ3n) is 3.00. The van der Waals surface area contributed by atoms with Crippen molar-refractivity contribution in [3.63, 3.8) is 0 Å². The molecule has 0 aliphatic carbocycles. The fraction of sp³-hybridized carbons (Fsp3) is 1.00. The number of nitrogens with one attached hydrogen (secondary N) is 1. The second kappa shape index (κ2) is 6.41. The van der Waals surface area contributed by atoms with E-state index >= 15 is 0 Å². The van der Waals surface area contributed by atoms with Gasteiger partial charge in [-0.2, -0.15) is 0 Å². The molecule has 84 valence electrons. The number of ether oxygens (including phenoxy) is 1. The van der Waals surface area contributed by atoms with Crippen LogP contribution in [-0.4, -0.2) is 24.8 Å². The van der Waals surface area contributed by atoms with Gasteiger partial charge in [-0.25, -0.2) is 0 Å². The van der Waals surface area contributed by atoms with Crippen molar-refractivity contribution in [3.8, 4) is 0 Å². The first-order valence-corrected chi connectivity index (χ1v) is 6.11. The highest BCUT2D eigenvalue weighted by molar-refractivity contribution is 4.74. The molecule has 0 spiro atoms. The summed E-state index contributed by atoms with van der Waals surface area (Å²) in [7, 11) is 0. The molecule has 3 unspecified atom stereocenters. The van der Waals surface area contributed by atoms with E-state index in [9.17, 15) is 0 Å². The van der Waals surface area contributed by atoms with E-state index in [2.05, 4.69) is 26.1 Å². The SMILES string of the molecule is CCCCC(C)NCC1CCC(C)O1. The lowest BCUT2D eigenvalue weighted by Crippen LogP contribution is -2.33. The van der Waals surface area contributed by atoms with E-state index in [0.717, 1.165) is 6.54 Å². The van der Waals surface area contributed by atoms with Crippen molar-refractivity contribution in [3.05, 3.63) is 0 Å². The minimum atomic E-state index is 0.467. The van der Waals surface area contributed by atoms with Crippen molar-refractivity contribution in [2.45, 2.75) is 71.1 Å². The van der Waals surface area contributed by atoms with Gasteiger partial charge in [0.1, 0.15) is 0 Å². The normalized spacial score (nSPS) is 29.4. The molecule has 0 radical (unpaired) electrons. The summed E-state index contributed by atoms with van der Waals surface area (Å²) in [5.74, 6) is 0. The minimum Gasteiger partial charge on any atom is -0.374 e. The van der Waals surface area contributed by atoms with Crippen LogP contribution in [0.1, 0.15) is 52.9 Å². The molecule has 2 nitrogen and oxygen atoms in total. The Labute approximate surface area is 88.4 Å². The summed E-state index contributed by atoms with van der Waals surface area (Å²) in [6, 6.07) is 0.648. The van der Waals surface area contributed by atoms with Crippen molar-refractivity contribution in [2.24, 2.45) is 0 Å². The van der Waals surface area contributed by atoms with Gasteiger partial charge >= 0.3 is 0 Å². The average molecular weight is 199 g/mol. The number of unbranched alkanes of at least 4 members (excludes halogenated alkanes) is 1. The summed E-state index contributed by atoms with van der Waals surface area (Å²) in [5, 5.41) is 3.55. The molecule has 2 heteroatoms. The standard InChI is InChI=1S/C12H25NO/c1-4-5-6-10(2)13-9-12-8-7-11(3)14-12/h10-13H,4-9H2,1-3H3. The molecule has 0 aromatic rings. The summed E-state index contributed by atoms with van der Waals surface area (Å²) >= 11 is 0. The van der Waals surface area contributed by atoms with Gasteiger partial charge in [-0.05, 0) is 33.1 Å². The van der Waals surface area contributed by atoms with E-state index in [0.29, 0.717) is 18.2 Å². The maximum Gasteiger partial charge on any atom is 0.0704 e. The van der Waals surface area contributed by atoms with Gasteiger partial charge in [0.05, 0.1) is 12.2 Å². The zero-order valence-corrected chi connectivity index (χ0v) is 9.88. The second-order valence-electron chi connectivity index (χ2n) is 4.60. The lowest BCUT2D eigenvalue weighted by molar-refractivity contribution is 0.0544. The van der Waals surface area contributed by atoms with E-state index in [1.807, 2.05) is 0 Å². The lowest BCUT2D eigenvalue weighted by Gasteiger charge is -2.17. The molecule has 0 amide bonds. The second-order valence-corrected chi connectivity index (χ2v) is 4.60. The molecular weight excluding hydrogens is 174 g/mol. The monoisotopic (exact) mass is 199 g/mol. The van der Waals surface area contributed by atoms with Gasteiger partial charge in [-0.15, -0.1) is 0 Å². The van der Waals surface area contributed by atoms with Crippen LogP contribution in [0.5, 0.6) is 0 Å². The topological polar surface area (TPSA) is 21.3 Å². The Balaban J connectivity index is 2.02. The van der Waals surface area contributed by atoms with Gasteiger partial charge in [0.15, 0.2) is 0 Å². The fourth-order valence-corrected chi connectivity index (χ4v) is 1.98. The molecule has 0 bridgehead atoms. The zero-order chi connectivity index (χ0) is 10.4. The average Bonchev–Trinajstić information content (AvgIpc) is 2.58. The van der Waals surface area contributed by atoms with Gasteiger partial charge in [-0.3, -0.25) is 0 Å². The van der Waals surface area contributed by atoms with Crippen LogP contribution in [0.4, 0.5) is 0 Å². The Morgan fingerprint density at radius 1 is 1.43 bits per heavy atom. The highest BCUT2D eigenvalue weighted by atomic mass is 16.5. The minimum absolute atomic E-state index is 0.467. The zero-order valence-electron chi connectivity index (χ0n) is 9.88.